The number of nitro groups is 1. The number of anilines is 1. The first kappa shape index (κ1) is 20.1. The van der Waals surface area contributed by atoms with Crippen molar-refractivity contribution in [3.05, 3.63) is 63.7 Å². The number of non-ortho nitro benzene ring substituents is 1. The lowest BCUT2D eigenvalue weighted by molar-refractivity contribution is -0.384. The number of rotatable bonds is 5. The van der Waals surface area contributed by atoms with E-state index >= 15 is 0 Å². The number of nitrogens with zero attached hydrogens (tertiary/aromatic N) is 3. The smallest absolute Gasteiger partial charge is 0.270 e. The van der Waals surface area contributed by atoms with Gasteiger partial charge in [-0.3, -0.25) is 19.9 Å². The number of amides is 1. The molecular weight excluding hydrogens is 374 g/mol. The van der Waals surface area contributed by atoms with E-state index in [1.807, 2.05) is 24.3 Å². The molecule has 1 aliphatic heterocycles. The van der Waals surface area contributed by atoms with Crippen LogP contribution in [-0.2, 0) is 4.79 Å². The van der Waals surface area contributed by atoms with Gasteiger partial charge in [0.15, 0.2) is 0 Å². The molecule has 1 heterocycles. The van der Waals surface area contributed by atoms with Gasteiger partial charge in [0, 0.05) is 40.5 Å². The number of thioether (sulfide) groups is 1. The highest BCUT2D eigenvalue weighted by atomic mass is 32.2. The third-order valence-electron chi connectivity index (χ3n) is 4.95. The predicted molar refractivity (Wildman–Crippen MR) is 114 cm³/mol. The molecule has 1 aliphatic rings. The van der Waals surface area contributed by atoms with Gasteiger partial charge >= 0.3 is 0 Å². The number of carbonyl (C=O) groups excluding carboxylic acids is 1. The number of fused-ring (bicyclic) bond motifs is 1. The maximum atomic E-state index is 12.4. The Labute approximate surface area is 168 Å². The van der Waals surface area contributed by atoms with E-state index in [-0.39, 0.29) is 18.1 Å². The molecule has 0 aromatic heterocycles. The Morgan fingerprint density at radius 3 is 2.54 bits per heavy atom. The fourth-order valence-corrected chi connectivity index (χ4v) is 4.05. The van der Waals surface area contributed by atoms with Crippen LogP contribution >= 0.6 is 11.8 Å². The molecule has 28 heavy (non-hydrogen) atoms. The summed E-state index contributed by atoms with van der Waals surface area (Å²) < 4.78 is 0. The summed E-state index contributed by atoms with van der Waals surface area (Å²) in [6, 6.07) is 12.5. The lowest BCUT2D eigenvalue weighted by atomic mass is 9.99. The summed E-state index contributed by atoms with van der Waals surface area (Å²) in [6.07, 6.45) is 0. The first-order chi connectivity index (χ1) is 13.3. The van der Waals surface area contributed by atoms with Crippen molar-refractivity contribution in [2.24, 2.45) is 10.9 Å². The van der Waals surface area contributed by atoms with Gasteiger partial charge < -0.3 is 4.90 Å². The minimum absolute atomic E-state index is 0.00699. The lowest BCUT2D eigenvalue weighted by Crippen LogP contribution is -2.27. The average molecular weight is 398 g/mol. The van der Waals surface area contributed by atoms with Crippen molar-refractivity contribution in [1.82, 2.24) is 0 Å². The van der Waals surface area contributed by atoms with Crippen LogP contribution in [-0.4, -0.2) is 35.4 Å². The van der Waals surface area contributed by atoms with E-state index in [9.17, 15) is 14.9 Å². The van der Waals surface area contributed by atoms with E-state index in [0.29, 0.717) is 28.1 Å². The topological polar surface area (TPSA) is 75.8 Å². The van der Waals surface area contributed by atoms with Crippen LogP contribution in [0, 0.1) is 16.0 Å². The maximum Gasteiger partial charge on any atom is 0.270 e. The first-order valence-electron chi connectivity index (χ1n) is 9.15. The SMILES string of the molecule is CC(C)C(C)Sc1ccccc1C1=NCC(=O)N(C)c2ccc([N+](=O)[O-])cc21. The van der Waals surface area contributed by atoms with Crippen molar-refractivity contribution in [3.8, 4) is 0 Å². The Balaban J connectivity index is 2.18. The number of benzene rings is 2. The van der Waals surface area contributed by atoms with Crippen molar-refractivity contribution in [2.75, 3.05) is 18.5 Å². The molecule has 2 aromatic rings. The zero-order chi connectivity index (χ0) is 20.4. The van der Waals surface area contributed by atoms with Crippen LogP contribution in [0.3, 0.4) is 0 Å². The van der Waals surface area contributed by atoms with Gasteiger partial charge in [-0.15, -0.1) is 11.8 Å². The Morgan fingerprint density at radius 1 is 1.14 bits per heavy atom. The number of nitro benzene ring substituents is 1. The molecule has 2 aromatic carbocycles. The van der Waals surface area contributed by atoms with Gasteiger partial charge in [0.25, 0.3) is 5.69 Å². The summed E-state index contributed by atoms with van der Waals surface area (Å²) in [5.74, 6) is 0.348. The third kappa shape index (κ3) is 3.94. The summed E-state index contributed by atoms with van der Waals surface area (Å²) in [6.45, 7) is 6.54. The molecule has 3 rings (SSSR count). The van der Waals surface area contributed by atoms with Crippen LogP contribution in [0.2, 0.25) is 0 Å². The molecule has 0 fully saturated rings. The Kier molecular flexibility index (Phi) is 5.84. The molecule has 0 radical (unpaired) electrons. The molecule has 0 aliphatic carbocycles. The zero-order valence-corrected chi connectivity index (χ0v) is 17.2. The highest BCUT2D eigenvalue weighted by Crippen LogP contribution is 2.35. The summed E-state index contributed by atoms with van der Waals surface area (Å²) in [4.78, 5) is 30.4. The molecule has 0 saturated carbocycles. The van der Waals surface area contributed by atoms with Gasteiger partial charge in [-0.05, 0) is 18.1 Å². The van der Waals surface area contributed by atoms with E-state index in [2.05, 4.69) is 25.8 Å². The number of hydrogen-bond donors (Lipinski definition) is 0. The van der Waals surface area contributed by atoms with Crippen LogP contribution < -0.4 is 4.90 Å². The van der Waals surface area contributed by atoms with Crippen LogP contribution in [0.5, 0.6) is 0 Å². The van der Waals surface area contributed by atoms with Gasteiger partial charge in [0.2, 0.25) is 5.91 Å². The molecule has 0 bridgehead atoms. The lowest BCUT2D eigenvalue weighted by Gasteiger charge is -2.20. The van der Waals surface area contributed by atoms with Crippen LogP contribution in [0.4, 0.5) is 11.4 Å². The van der Waals surface area contributed by atoms with Crippen LogP contribution in [0.15, 0.2) is 52.4 Å². The fourth-order valence-electron chi connectivity index (χ4n) is 2.92. The van der Waals surface area contributed by atoms with Gasteiger partial charge in [-0.2, -0.15) is 0 Å². The second kappa shape index (κ2) is 8.14. The van der Waals surface area contributed by atoms with E-state index < -0.39 is 4.92 Å². The molecule has 0 spiro atoms. The van der Waals surface area contributed by atoms with Crippen molar-refractivity contribution < 1.29 is 9.72 Å². The zero-order valence-electron chi connectivity index (χ0n) is 16.4. The van der Waals surface area contributed by atoms with Crippen molar-refractivity contribution in [1.29, 1.82) is 0 Å². The summed E-state index contributed by atoms with van der Waals surface area (Å²) >= 11 is 1.75. The largest absolute Gasteiger partial charge is 0.313 e. The first-order valence-corrected chi connectivity index (χ1v) is 10.0. The second-order valence-corrected chi connectivity index (χ2v) is 8.56. The number of hydrogen-bond acceptors (Lipinski definition) is 5. The van der Waals surface area contributed by atoms with Gasteiger partial charge in [0.05, 0.1) is 16.3 Å². The number of benzodiazepines with no additional fused rings is 1. The Morgan fingerprint density at radius 2 is 1.86 bits per heavy atom. The minimum atomic E-state index is -0.424. The fraction of sp³-hybridized carbons (Fsp3) is 0.333. The molecule has 1 amide bonds. The molecular formula is C21H23N3O3S. The average Bonchev–Trinajstić information content (AvgIpc) is 2.79. The van der Waals surface area contributed by atoms with E-state index in [4.69, 9.17) is 0 Å². The Hall–Kier alpha value is -2.67. The third-order valence-corrected chi connectivity index (χ3v) is 6.47. The van der Waals surface area contributed by atoms with E-state index in [1.165, 1.54) is 17.0 Å². The number of aliphatic imine (C=N–C) groups is 1. The van der Waals surface area contributed by atoms with E-state index in [0.717, 1.165) is 10.5 Å². The minimum Gasteiger partial charge on any atom is -0.313 e. The molecule has 146 valence electrons. The normalized spacial score (nSPS) is 15.1. The highest BCUT2D eigenvalue weighted by molar-refractivity contribution is 8.00. The number of carbonyl (C=O) groups is 1. The summed E-state index contributed by atoms with van der Waals surface area (Å²) in [7, 11) is 1.67. The van der Waals surface area contributed by atoms with Crippen molar-refractivity contribution in [2.45, 2.75) is 30.9 Å². The van der Waals surface area contributed by atoms with Crippen molar-refractivity contribution >= 4 is 34.8 Å². The van der Waals surface area contributed by atoms with Crippen molar-refractivity contribution in [3.63, 3.8) is 0 Å². The van der Waals surface area contributed by atoms with Gasteiger partial charge in [-0.25, -0.2) is 0 Å². The van der Waals surface area contributed by atoms with Crippen LogP contribution in [0.1, 0.15) is 31.9 Å². The molecule has 7 heteroatoms. The van der Waals surface area contributed by atoms with E-state index in [1.54, 1.807) is 24.9 Å². The highest BCUT2D eigenvalue weighted by Gasteiger charge is 2.26. The monoisotopic (exact) mass is 397 g/mol. The maximum absolute atomic E-state index is 12.4. The Bertz CT molecular complexity index is 956. The summed E-state index contributed by atoms with van der Waals surface area (Å²) in [5, 5.41) is 11.7. The quantitative estimate of drug-likeness (QED) is 0.421. The van der Waals surface area contributed by atoms with Crippen LogP contribution in [0.25, 0.3) is 0 Å². The molecule has 1 atom stereocenters. The molecule has 0 N–H and O–H groups in total. The molecule has 6 nitrogen and oxygen atoms in total. The molecule has 0 saturated heterocycles. The molecule has 1 unspecified atom stereocenters. The standard InChI is InChI=1S/C21H23N3O3S/c1-13(2)14(3)28-19-8-6-5-7-16(19)21-17-11-15(24(26)27)9-10-18(17)23(4)20(25)12-22-21/h5-11,13-14H,12H2,1-4H3. The van der Waals surface area contributed by atoms with Gasteiger partial charge in [-0.1, -0.05) is 39.0 Å². The summed E-state index contributed by atoms with van der Waals surface area (Å²) in [5.41, 5.74) is 2.73. The van der Waals surface area contributed by atoms with Gasteiger partial charge in [0.1, 0.15) is 6.54 Å². The number of likely N-dealkylation sites (N-methyl/N-ethyl adjacent to an activating group) is 1. The predicted octanol–water partition coefficient (Wildman–Crippen LogP) is 4.55. The second-order valence-electron chi connectivity index (χ2n) is 7.14.